The molecule has 1 saturated heterocycles. The Bertz CT molecular complexity index is 328. The van der Waals surface area contributed by atoms with Gasteiger partial charge in [0.25, 0.3) is 0 Å². The third-order valence-corrected chi connectivity index (χ3v) is 4.30. The summed E-state index contributed by atoms with van der Waals surface area (Å²) in [6.45, 7) is 13.7. The molecule has 1 aliphatic rings. The molecule has 3 atom stereocenters. The predicted molar refractivity (Wildman–Crippen MR) is 86.2 cm³/mol. The fourth-order valence-electron chi connectivity index (χ4n) is 2.73. The maximum atomic E-state index is 11.6. The summed E-state index contributed by atoms with van der Waals surface area (Å²) < 4.78 is 5.23. The Morgan fingerprint density at radius 2 is 2.05 bits per heavy atom. The van der Waals surface area contributed by atoms with Gasteiger partial charge in [-0.05, 0) is 52.0 Å². The van der Waals surface area contributed by atoms with Crippen LogP contribution in [0.3, 0.4) is 0 Å². The number of nitrogens with one attached hydrogen (secondary N) is 1. The first kappa shape index (κ1) is 18.2. The maximum absolute atomic E-state index is 11.6. The summed E-state index contributed by atoms with van der Waals surface area (Å²) in [7, 11) is 0. The highest BCUT2D eigenvalue weighted by Gasteiger charge is 2.27. The SMILES string of the molecule is CC1CCN(C(CN)CCNC(=O)OC(C)(C)C)CC1C. The molecule has 0 aromatic carbocycles. The summed E-state index contributed by atoms with van der Waals surface area (Å²) in [6.07, 6.45) is 1.76. The molecule has 1 fully saturated rings. The smallest absolute Gasteiger partial charge is 0.407 e. The predicted octanol–water partition coefficient (Wildman–Crippen LogP) is 2.21. The van der Waals surface area contributed by atoms with Crippen molar-refractivity contribution >= 4 is 6.09 Å². The second-order valence-electron chi connectivity index (χ2n) is 7.35. The van der Waals surface area contributed by atoms with Crippen LogP contribution in [0.5, 0.6) is 0 Å². The molecule has 3 unspecified atom stereocenters. The van der Waals surface area contributed by atoms with Crippen LogP contribution < -0.4 is 11.1 Å². The Kier molecular flexibility index (Phi) is 6.94. The number of hydrogen-bond donors (Lipinski definition) is 2. The number of hydrogen-bond acceptors (Lipinski definition) is 4. The molecule has 1 rings (SSSR count). The van der Waals surface area contributed by atoms with E-state index in [1.807, 2.05) is 20.8 Å². The number of piperidine rings is 1. The van der Waals surface area contributed by atoms with Crippen LogP contribution in [0.15, 0.2) is 0 Å². The van der Waals surface area contributed by atoms with Crippen molar-refractivity contribution < 1.29 is 9.53 Å². The lowest BCUT2D eigenvalue weighted by molar-refractivity contribution is 0.0514. The quantitative estimate of drug-likeness (QED) is 0.817. The average molecular weight is 299 g/mol. The molecule has 0 aliphatic carbocycles. The Balaban J connectivity index is 2.33. The number of nitrogens with zero attached hydrogens (tertiary/aromatic N) is 1. The zero-order valence-corrected chi connectivity index (χ0v) is 14.3. The molecule has 5 heteroatoms. The summed E-state index contributed by atoms with van der Waals surface area (Å²) in [5, 5.41) is 2.82. The van der Waals surface area contributed by atoms with E-state index in [0.29, 0.717) is 25.0 Å². The van der Waals surface area contributed by atoms with Gasteiger partial charge in [-0.2, -0.15) is 0 Å². The van der Waals surface area contributed by atoms with Crippen molar-refractivity contribution in [2.24, 2.45) is 17.6 Å². The van der Waals surface area contributed by atoms with Gasteiger partial charge in [0.15, 0.2) is 0 Å². The lowest BCUT2D eigenvalue weighted by Crippen LogP contribution is -2.49. The van der Waals surface area contributed by atoms with Gasteiger partial charge in [-0.1, -0.05) is 13.8 Å². The van der Waals surface area contributed by atoms with Crippen molar-refractivity contribution in [2.75, 3.05) is 26.2 Å². The number of carbonyl (C=O) groups is 1. The molecule has 21 heavy (non-hydrogen) atoms. The van der Waals surface area contributed by atoms with Gasteiger partial charge in [-0.25, -0.2) is 4.79 Å². The van der Waals surface area contributed by atoms with Gasteiger partial charge >= 0.3 is 6.09 Å². The van der Waals surface area contributed by atoms with Crippen LogP contribution in [0.25, 0.3) is 0 Å². The van der Waals surface area contributed by atoms with Crippen LogP contribution in [0, 0.1) is 11.8 Å². The lowest BCUT2D eigenvalue weighted by Gasteiger charge is -2.40. The molecule has 0 bridgehead atoms. The average Bonchev–Trinajstić information content (AvgIpc) is 2.36. The fourth-order valence-corrected chi connectivity index (χ4v) is 2.73. The van der Waals surface area contributed by atoms with Crippen molar-refractivity contribution in [1.82, 2.24) is 10.2 Å². The van der Waals surface area contributed by atoms with Gasteiger partial charge in [0.05, 0.1) is 0 Å². The zero-order chi connectivity index (χ0) is 16.0. The van der Waals surface area contributed by atoms with Crippen LogP contribution in [0.1, 0.15) is 47.5 Å². The first-order chi connectivity index (χ1) is 9.73. The molecular formula is C16H33N3O2. The Hall–Kier alpha value is -0.810. The second kappa shape index (κ2) is 7.99. The number of rotatable bonds is 5. The summed E-state index contributed by atoms with van der Waals surface area (Å²) in [5.41, 5.74) is 5.47. The van der Waals surface area contributed by atoms with E-state index >= 15 is 0 Å². The molecule has 1 amide bonds. The molecule has 1 aliphatic heterocycles. The second-order valence-corrected chi connectivity index (χ2v) is 7.35. The first-order valence-corrected chi connectivity index (χ1v) is 8.14. The minimum absolute atomic E-state index is 0.342. The van der Waals surface area contributed by atoms with E-state index in [1.165, 1.54) is 6.42 Å². The van der Waals surface area contributed by atoms with E-state index in [0.717, 1.165) is 25.4 Å². The third kappa shape index (κ3) is 6.66. The summed E-state index contributed by atoms with van der Waals surface area (Å²) >= 11 is 0. The number of alkyl carbamates (subject to hydrolysis) is 1. The zero-order valence-electron chi connectivity index (χ0n) is 14.3. The minimum Gasteiger partial charge on any atom is -0.444 e. The van der Waals surface area contributed by atoms with E-state index in [4.69, 9.17) is 10.5 Å². The van der Waals surface area contributed by atoms with E-state index in [9.17, 15) is 4.79 Å². The van der Waals surface area contributed by atoms with Crippen LogP contribution in [-0.2, 0) is 4.74 Å². The monoisotopic (exact) mass is 299 g/mol. The van der Waals surface area contributed by atoms with E-state index in [2.05, 4.69) is 24.1 Å². The molecule has 0 saturated carbocycles. The van der Waals surface area contributed by atoms with Crippen LogP contribution >= 0.6 is 0 Å². The number of ether oxygens (including phenoxy) is 1. The van der Waals surface area contributed by atoms with Crippen LogP contribution in [-0.4, -0.2) is 48.8 Å². The fraction of sp³-hybridized carbons (Fsp3) is 0.938. The van der Waals surface area contributed by atoms with Crippen LogP contribution in [0.4, 0.5) is 4.79 Å². The van der Waals surface area contributed by atoms with Crippen molar-refractivity contribution in [1.29, 1.82) is 0 Å². The third-order valence-electron chi connectivity index (χ3n) is 4.30. The molecule has 5 nitrogen and oxygen atoms in total. The molecule has 0 radical (unpaired) electrons. The number of nitrogens with two attached hydrogens (primary N) is 1. The number of amides is 1. The van der Waals surface area contributed by atoms with Crippen molar-refractivity contribution in [3.05, 3.63) is 0 Å². The van der Waals surface area contributed by atoms with E-state index in [-0.39, 0.29) is 6.09 Å². The Labute approximate surface area is 129 Å². The van der Waals surface area contributed by atoms with Gasteiger partial charge in [0, 0.05) is 25.7 Å². The molecule has 1 heterocycles. The minimum atomic E-state index is -0.449. The van der Waals surface area contributed by atoms with Gasteiger partial charge in [-0.15, -0.1) is 0 Å². The number of carbonyl (C=O) groups excluding carboxylic acids is 1. The molecular weight excluding hydrogens is 266 g/mol. The molecule has 0 spiro atoms. The van der Waals surface area contributed by atoms with Crippen molar-refractivity contribution in [3.8, 4) is 0 Å². The summed E-state index contributed by atoms with van der Waals surface area (Å²) in [5.74, 6) is 1.51. The lowest BCUT2D eigenvalue weighted by atomic mass is 9.87. The van der Waals surface area contributed by atoms with Crippen molar-refractivity contribution in [3.63, 3.8) is 0 Å². The molecule has 3 N–H and O–H groups in total. The maximum Gasteiger partial charge on any atom is 0.407 e. The molecule has 0 aromatic heterocycles. The highest BCUT2D eigenvalue weighted by Crippen LogP contribution is 2.24. The van der Waals surface area contributed by atoms with Crippen molar-refractivity contribution in [2.45, 2.75) is 59.1 Å². The van der Waals surface area contributed by atoms with Gasteiger partial charge < -0.3 is 15.8 Å². The standard InChI is InChI=1S/C16H33N3O2/c1-12-7-9-19(11-13(12)2)14(10-17)6-8-18-15(20)21-16(3,4)5/h12-14H,6-11,17H2,1-5H3,(H,18,20). The van der Waals surface area contributed by atoms with E-state index < -0.39 is 5.60 Å². The Morgan fingerprint density at radius 1 is 1.38 bits per heavy atom. The normalized spacial score (nSPS) is 25.4. The molecule has 0 aromatic rings. The van der Waals surface area contributed by atoms with Crippen LogP contribution in [0.2, 0.25) is 0 Å². The molecule has 124 valence electrons. The highest BCUT2D eigenvalue weighted by molar-refractivity contribution is 5.67. The van der Waals surface area contributed by atoms with Gasteiger partial charge in [0.1, 0.15) is 5.60 Å². The largest absolute Gasteiger partial charge is 0.444 e. The number of likely N-dealkylation sites (tertiary alicyclic amines) is 1. The van der Waals surface area contributed by atoms with Gasteiger partial charge in [0.2, 0.25) is 0 Å². The van der Waals surface area contributed by atoms with E-state index in [1.54, 1.807) is 0 Å². The summed E-state index contributed by atoms with van der Waals surface area (Å²) in [4.78, 5) is 14.1. The summed E-state index contributed by atoms with van der Waals surface area (Å²) in [6, 6.07) is 0.342. The van der Waals surface area contributed by atoms with Gasteiger partial charge in [-0.3, -0.25) is 4.90 Å². The Morgan fingerprint density at radius 3 is 2.57 bits per heavy atom. The highest BCUT2D eigenvalue weighted by atomic mass is 16.6. The first-order valence-electron chi connectivity index (χ1n) is 8.14. The topological polar surface area (TPSA) is 67.6 Å².